The lowest BCUT2D eigenvalue weighted by Crippen LogP contribution is -2.35. The van der Waals surface area contributed by atoms with E-state index in [1.807, 2.05) is 0 Å². The van der Waals surface area contributed by atoms with Gasteiger partial charge in [-0.05, 0) is 6.07 Å². The van der Waals surface area contributed by atoms with Crippen molar-refractivity contribution in [2.45, 2.75) is 6.04 Å². The number of hydrogen-bond donors (Lipinski definition) is 2. The molecule has 6 nitrogen and oxygen atoms in total. The molecule has 1 aromatic carbocycles. The fourth-order valence-electron chi connectivity index (χ4n) is 1.82. The molecule has 1 aromatic rings. The zero-order chi connectivity index (χ0) is 12.4. The van der Waals surface area contributed by atoms with E-state index in [1.165, 1.54) is 12.1 Å². The summed E-state index contributed by atoms with van der Waals surface area (Å²) >= 11 is 5.77. The SMILES string of the molecule is O=[N+]([O-])c1ccc(Cl)c(O)c1[C@@H]1COCCN1. The second-order valence-corrected chi connectivity index (χ2v) is 4.07. The molecule has 2 N–H and O–H groups in total. The fraction of sp³-hybridized carbons (Fsp3) is 0.400. The smallest absolute Gasteiger partial charge is 0.278 e. The summed E-state index contributed by atoms with van der Waals surface area (Å²) in [4.78, 5) is 10.4. The Kier molecular flexibility index (Phi) is 3.46. The van der Waals surface area contributed by atoms with Gasteiger partial charge in [0.15, 0.2) is 0 Å². The second kappa shape index (κ2) is 4.87. The van der Waals surface area contributed by atoms with Gasteiger partial charge in [0.25, 0.3) is 5.69 Å². The molecule has 1 fully saturated rings. The van der Waals surface area contributed by atoms with Crippen LogP contribution >= 0.6 is 11.6 Å². The molecule has 0 saturated carbocycles. The molecule has 1 aliphatic rings. The first-order valence-corrected chi connectivity index (χ1v) is 5.46. The van der Waals surface area contributed by atoms with E-state index in [9.17, 15) is 15.2 Å². The van der Waals surface area contributed by atoms with E-state index < -0.39 is 11.0 Å². The van der Waals surface area contributed by atoms with Gasteiger partial charge < -0.3 is 15.2 Å². The van der Waals surface area contributed by atoms with Gasteiger partial charge in [0.05, 0.1) is 34.8 Å². The zero-order valence-corrected chi connectivity index (χ0v) is 9.61. The normalized spacial score (nSPS) is 20.2. The standard InChI is InChI=1S/C10H11ClN2O4/c11-6-1-2-8(13(15)16)9(10(6)14)7-5-17-4-3-12-7/h1-2,7,12,14H,3-5H2/t7-/m0/s1. The monoisotopic (exact) mass is 258 g/mol. The lowest BCUT2D eigenvalue weighted by Gasteiger charge is -2.24. The molecule has 0 bridgehead atoms. The molecule has 7 heteroatoms. The minimum absolute atomic E-state index is 0.0953. The highest BCUT2D eigenvalue weighted by atomic mass is 35.5. The number of nitrogens with one attached hydrogen (secondary N) is 1. The predicted octanol–water partition coefficient (Wildman–Crippen LogP) is 1.61. The third-order valence-electron chi connectivity index (χ3n) is 2.61. The molecule has 0 radical (unpaired) electrons. The molecule has 92 valence electrons. The number of morpholine rings is 1. The summed E-state index contributed by atoms with van der Waals surface area (Å²) < 4.78 is 5.23. The summed E-state index contributed by atoms with van der Waals surface area (Å²) in [7, 11) is 0. The lowest BCUT2D eigenvalue weighted by molar-refractivity contribution is -0.386. The van der Waals surface area contributed by atoms with Crippen LogP contribution < -0.4 is 5.32 Å². The van der Waals surface area contributed by atoms with Gasteiger partial charge >= 0.3 is 0 Å². The molecule has 1 aliphatic heterocycles. The van der Waals surface area contributed by atoms with Crippen molar-refractivity contribution in [2.24, 2.45) is 0 Å². The number of halogens is 1. The number of ether oxygens (including phenoxy) is 1. The highest BCUT2D eigenvalue weighted by molar-refractivity contribution is 6.32. The number of phenols is 1. The molecule has 2 rings (SSSR count). The van der Waals surface area contributed by atoms with Gasteiger partial charge in [-0.25, -0.2) is 0 Å². The molecule has 0 aliphatic carbocycles. The first-order chi connectivity index (χ1) is 8.11. The van der Waals surface area contributed by atoms with Crippen LogP contribution in [-0.4, -0.2) is 29.8 Å². The first kappa shape index (κ1) is 12.1. The van der Waals surface area contributed by atoms with Crippen LogP contribution in [0.15, 0.2) is 12.1 Å². The van der Waals surface area contributed by atoms with Gasteiger partial charge in [-0.1, -0.05) is 11.6 Å². The van der Waals surface area contributed by atoms with E-state index >= 15 is 0 Å². The number of hydrogen-bond acceptors (Lipinski definition) is 5. The number of nitrogens with zero attached hydrogens (tertiary/aromatic N) is 1. The van der Waals surface area contributed by atoms with Crippen molar-refractivity contribution >= 4 is 17.3 Å². The van der Waals surface area contributed by atoms with Gasteiger partial charge in [0.2, 0.25) is 0 Å². The summed E-state index contributed by atoms with van der Waals surface area (Å²) in [6.45, 7) is 1.40. The summed E-state index contributed by atoms with van der Waals surface area (Å²) in [6.07, 6.45) is 0. The Morgan fingerprint density at radius 2 is 2.35 bits per heavy atom. The fourth-order valence-corrected chi connectivity index (χ4v) is 1.99. The molecule has 1 heterocycles. The third-order valence-corrected chi connectivity index (χ3v) is 2.92. The summed E-state index contributed by atoms with van der Waals surface area (Å²) in [5.74, 6) is -0.260. The third kappa shape index (κ3) is 2.33. The quantitative estimate of drug-likeness (QED) is 0.622. The Labute approximate surface area is 102 Å². The minimum Gasteiger partial charge on any atom is -0.506 e. The molecular weight excluding hydrogens is 248 g/mol. The van der Waals surface area contributed by atoms with Gasteiger partial charge in [0.1, 0.15) is 5.75 Å². The van der Waals surface area contributed by atoms with Crippen molar-refractivity contribution in [2.75, 3.05) is 19.8 Å². The Bertz CT molecular complexity index is 446. The molecule has 1 atom stereocenters. The Hall–Kier alpha value is -1.37. The highest BCUT2D eigenvalue weighted by Crippen LogP contribution is 2.38. The van der Waals surface area contributed by atoms with Crippen molar-refractivity contribution < 1.29 is 14.8 Å². The van der Waals surface area contributed by atoms with Crippen LogP contribution in [-0.2, 0) is 4.74 Å². The number of rotatable bonds is 2. The summed E-state index contributed by atoms with van der Waals surface area (Å²) in [5.41, 5.74) is 0.0251. The Morgan fingerprint density at radius 1 is 1.59 bits per heavy atom. The van der Waals surface area contributed by atoms with Crippen LogP contribution in [0.2, 0.25) is 5.02 Å². The number of nitro groups is 1. The van der Waals surface area contributed by atoms with Gasteiger partial charge in [0, 0.05) is 12.6 Å². The topological polar surface area (TPSA) is 84.6 Å². The van der Waals surface area contributed by atoms with E-state index in [-0.39, 0.29) is 28.6 Å². The first-order valence-electron chi connectivity index (χ1n) is 5.08. The van der Waals surface area contributed by atoms with Crippen LogP contribution in [0.25, 0.3) is 0 Å². The van der Waals surface area contributed by atoms with Crippen LogP contribution in [0.3, 0.4) is 0 Å². The van der Waals surface area contributed by atoms with Gasteiger partial charge in [-0.3, -0.25) is 10.1 Å². The van der Waals surface area contributed by atoms with Crippen molar-refractivity contribution in [3.63, 3.8) is 0 Å². The Morgan fingerprint density at radius 3 is 2.94 bits per heavy atom. The summed E-state index contributed by atoms with van der Waals surface area (Å²) in [6, 6.07) is 2.18. The average molecular weight is 259 g/mol. The van der Waals surface area contributed by atoms with E-state index in [0.29, 0.717) is 13.2 Å². The second-order valence-electron chi connectivity index (χ2n) is 3.67. The van der Waals surface area contributed by atoms with Crippen LogP contribution in [0.1, 0.15) is 11.6 Å². The maximum absolute atomic E-state index is 10.9. The molecular formula is C10H11ClN2O4. The average Bonchev–Trinajstić information content (AvgIpc) is 2.33. The molecule has 0 unspecified atom stereocenters. The maximum atomic E-state index is 10.9. The van der Waals surface area contributed by atoms with Crippen LogP contribution in [0.5, 0.6) is 5.75 Å². The number of benzene rings is 1. The van der Waals surface area contributed by atoms with Gasteiger partial charge in [-0.2, -0.15) is 0 Å². The number of aromatic hydroxyl groups is 1. The molecule has 0 aromatic heterocycles. The maximum Gasteiger partial charge on any atom is 0.278 e. The molecule has 0 amide bonds. The van der Waals surface area contributed by atoms with E-state index in [0.717, 1.165) is 0 Å². The van der Waals surface area contributed by atoms with Crippen molar-refractivity contribution in [3.8, 4) is 5.75 Å². The van der Waals surface area contributed by atoms with Crippen molar-refractivity contribution in [1.29, 1.82) is 0 Å². The van der Waals surface area contributed by atoms with Crippen molar-refractivity contribution in [1.82, 2.24) is 5.32 Å². The molecule has 1 saturated heterocycles. The molecule has 0 spiro atoms. The number of nitro benzene ring substituents is 1. The highest BCUT2D eigenvalue weighted by Gasteiger charge is 2.28. The Balaban J connectivity index is 2.48. The van der Waals surface area contributed by atoms with Crippen LogP contribution in [0.4, 0.5) is 5.69 Å². The van der Waals surface area contributed by atoms with E-state index in [4.69, 9.17) is 16.3 Å². The summed E-state index contributed by atoms with van der Waals surface area (Å²) in [5, 5.41) is 23.9. The van der Waals surface area contributed by atoms with Crippen LogP contribution in [0, 0.1) is 10.1 Å². The van der Waals surface area contributed by atoms with E-state index in [2.05, 4.69) is 5.32 Å². The molecule has 17 heavy (non-hydrogen) atoms. The lowest BCUT2D eigenvalue weighted by atomic mass is 10.0. The minimum atomic E-state index is -0.540. The predicted molar refractivity (Wildman–Crippen MR) is 61.3 cm³/mol. The van der Waals surface area contributed by atoms with E-state index in [1.54, 1.807) is 0 Å². The number of phenolic OH excluding ortho intramolecular Hbond substituents is 1. The zero-order valence-electron chi connectivity index (χ0n) is 8.85. The largest absolute Gasteiger partial charge is 0.506 e. The van der Waals surface area contributed by atoms with Gasteiger partial charge in [-0.15, -0.1) is 0 Å². The van der Waals surface area contributed by atoms with Crippen molar-refractivity contribution in [3.05, 3.63) is 32.8 Å².